The van der Waals surface area contributed by atoms with Gasteiger partial charge in [-0.25, -0.2) is 4.98 Å². The Morgan fingerprint density at radius 1 is 1.05 bits per heavy atom. The SMILES string of the molecule is FC(F)(Cl)c1cccc2c(Cl)cc(C(Cl)(Cl)Cl)nc12. The molecule has 0 aliphatic heterocycles. The van der Waals surface area contributed by atoms with Crippen LogP contribution in [-0.4, -0.2) is 4.98 Å². The van der Waals surface area contributed by atoms with Gasteiger partial charge >= 0.3 is 5.38 Å². The van der Waals surface area contributed by atoms with E-state index >= 15 is 0 Å². The van der Waals surface area contributed by atoms with E-state index in [4.69, 9.17) is 58.0 Å². The van der Waals surface area contributed by atoms with Crippen LogP contribution in [0.15, 0.2) is 24.3 Å². The molecule has 0 saturated heterocycles. The van der Waals surface area contributed by atoms with Gasteiger partial charge < -0.3 is 0 Å². The molecule has 0 N–H and O–H groups in total. The van der Waals surface area contributed by atoms with Crippen molar-refractivity contribution in [2.75, 3.05) is 0 Å². The minimum absolute atomic E-state index is 0.0524. The Bertz CT molecular complexity index is 633. The number of hydrogen-bond acceptors (Lipinski definition) is 1. The van der Waals surface area contributed by atoms with Crippen LogP contribution in [0.25, 0.3) is 10.9 Å². The van der Waals surface area contributed by atoms with Crippen molar-refractivity contribution in [1.29, 1.82) is 0 Å². The first kappa shape index (κ1) is 15.3. The molecule has 0 atom stereocenters. The molecule has 0 amide bonds. The van der Waals surface area contributed by atoms with Gasteiger partial charge in [-0.1, -0.05) is 58.5 Å². The van der Waals surface area contributed by atoms with E-state index in [0.29, 0.717) is 5.39 Å². The molecule has 1 nitrogen and oxygen atoms in total. The summed E-state index contributed by atoms with van der Waals surface area (Å²) in [4.78, 5) is 3.93. The molecule has 19 heavy (non-hydrogen) atoms. The van der Waals surface area contributed by atoms with Crippen molar-refractivity contribution < 1.29 is 8.78 Å². The molecule has 0 aliphatic rings. The second-order valence-corrected chi connectivity index (χ2v) is 6.85. The van der Waals surface area contributed by atoms with Crippen LogP contribution in [0.4, 0.5) is 8.78 Å². The van der Waals surface area contributed by atoms with E-state index in [1.807, 2.05) is 0 Å². The summed E-state index contributed by atoms with van der Waals surface area (Å²) in [5.74, 6) is 0. The number of halogens is 7. The number of aromatic nitrogens is 1. The number of para-hydroxylation sites is 1. The van der Waals surface area contributed by atoms with Crippen LogP contribution in [0, 0.1) is 0 Å². The third-order valence-electron chi connectivity index (χ3n) is 2.38. The molecule has 102 valence electrons. The van der Waals surface area contributed by atoms with E-state index in [0.717, 1.165) is 6.07 Å². The summed E-state index contributed by atoms with van der Waals surface area (Å²) < 4.78 is 24.8. The molecule has 0 saturated carbocycles. The molecule has 1 heterocycles. The van der Waals surface area contributed by atoms with E-state index in [-0.39, 0.29) is 16.2 Å². The molecule has 2 aromatic rings. The van der Waals surface area contributed by atoms with Gasteiger partial charge in [0.1, 0.15) is 0 Å². The van der Waals surface area contributed by atoms with Crippen molar-refractivity contribution in [1.82, 2.24) is 4.98 Å². The fourth-order valence-electron chi connectivity index (χ4n) is 1.58. The molecule has 1 aromatic heterocycles. The minimum Gasteiger partial charge on any atom is -0.248 e. The van der Waals surface area contributed by atoms with Gasteiger partial charge in [-0.05, 0) is 23.7 Å². The van der Waals surface area contributed by atoms with Crippen molar-refractivity contribution in [3.63, 3.8) is 0 Å². The number of rotatable bonds is 1. The first-order valence-electron chi connectivity index (χ1n) is 4.84. The van der Waals surface area contributed by atoms with Crippen molar-refractivity contribution in [3.05, 3.63) is 40.5 Å². The Labute approximate surface area is 132 Å². The zero-order valence-electron chi connectivity index (χ0n) is 8.90. The van der Waals surface area contributed by atoms with Crippen LogP contribution in [0.3, 0.4) is 0 Å². The predicted octanol–water partition coefficient (Wildman–Crippen LogP) is 6.00. The smallest absolute Gasteiger partial charge is 0.248 e. The highest BCUT2D eigenvalue weighted by Gasteiger charge is 2.33. The number of fused-ring (bicyclic) bond motifs is 1. The van der Waals surface area contributed by atoms with Crippen molar-refractivity contribution >= 4 is 68.9 Å². The van der Waals surface area contributed by atoms with Gasteiger partial charge in [-0.2, -0.15) is 8.78 Å². The lowest BCUT2D eigenvalue weighted by molar-refractivity contribution is 0.0966. The van der Waals surface area contributed by atoms with Gasteiger partial charge in [0.2, 0.25) is 3.79 Å². The zero-order valence-corrected chi connectivity index (χ0v) is 12.7. The molecule has 8 heteroatoms. The van der Waals surface area contributed by atoms with Crippen LogP contribution < -0.4 is 0 Å². The second-order valence-electron chi connectivity index (χ2n) is 3.69. The zero-order chi connectivity index (χ0) is 14.4. The van der Waals surface area contributed by atoms with E-state index < -0.39 is 14.7 Å². The first-order chi connectivity index (χ1) is 8.60. The Kier molecular flexibility index (Phi) is 4.07. The molecular weight excluding hydrogens is 361 g/mol. The molecule has 2 rings (SSSR count). The summed E-state index contributed by atoms with van der Waals surface area (Å²) in [5, 5.41) is -3.14. The average Bonchev–Trinajstić information content (AvgIpc) is 2.25. The van der Waals surface area contributed by atoms with Crippen LogP contribution in [0.5, 0.6) is 0 Å². The molecule has 0 unspecified atom stereocenters. The van der Waals surface area contributed by atoms with E-state index in [2.05, 4.69) is 4.98 Å². The molecular formula is C11H4Cl5F2N. The third-order valence-corrected chi connectivity index (χ3v) is 3.48. The molecule has 0 fully saturated rings. The lowest BCUT2D eigenvalue weighted by Crippen LogP contribution is -2.09. The average molecular weight is 365 g/mol. The van der Waals surface area contributed by atoms with Crippen molar-refractivity contribution in [2.24, 2.45) is 0 Å². The van der Waals surface area contributed by atoms with E-state index in [9.17, 15) is 8.78 Å². The summed E-state index contributed by atoms with van der Waals surface area (Å²) in [6, 6.07) is 5.38. The second kappa shape index (κ2) is 5.05. The van der Waals surface area contributed by atoms with Crippen molar-refractivity contribution in [3.8, 4) is 0 Å². The third kappa shape index (κ3) is 3.17. The molecule has 0 radical (unpaired) electrons. The summed E-state index contributed by atoms with van der Waals surface area (Å²) in [7, 11) is 0. The minimum atomic E-state index is -3.60. The van der Waals surface area contributed by atoms with Crippen LogP contribution in [0.1, 0.15) is 11.3 Å². The maximum Gasteiger partial charge on any atom is 0.350 e. The normalized spacial score (nSPS) is 13.0. The summed E-state index contributed by atoms with van der Waals surface area (Å²) in [6.45, 7) is 0. The Morgan fingerprint density at radius 3 is 2.21 bits per heavy atom. The van der Waals surface area contributed by atoms with Crippen LogP contribution >= 0.6 is 58.0 Å². The highest BCUT2D eigenvalue weighted by molar-refractivity contribution is 6.66. The quantitative estimate of drug-likeness (QED) is 0.565. The Balaban J connectivity index is 2.84. The van der Waals surface area contributed by atoms with E-state index in [1.54, 1.807) is 0 Å². The summed E-state index contributed by atoms with van der Waals surface area (Å²) in [6.07, 6.45) is 0. The Morgan fingerprint density at radius 2 is 1.68 bits per heavy atom. The van der Waals surface area contributed by atoms with Crippen molar-refractivity contribution in [2.45, 2.75) is 9.17 Å². The maximum atomic E-state index is 13.3. The maximum absolute atomic E-state index is 13.3. The first-order valence-corrected chi connectivity index (χ1v) is 6.73. The van der Waals surface area contributed by atoms with Gasteiger partial charge in [0.25, 0.3) is 0 Å². The number of nitrogens with zero attached hydrogens (tertiary/aromatic N) is 1. The van der Waals surface area contributed by atoms with Gasteiger partial charge in [-0.3, -0.25) is 0 Å². The number of pyridine rings is 1. The topological polar surface area (TPSA) is 12.9 Å². The number of benzene rings is 1. The lowest BCUT2D eigenvalue weighted by Gasteiger charge is -2.15. The fraction of sp³-hybridized carbons (Fsp3) is 0.182. The van der Waals surface area contributed by atoms with Crippen LogP contribution in [-0.2, 0) is 9.17 Å². The highest BCUT2D eigenvalue weighted by Crippen LogP contribution is 2.42. The molecule has 1 aromatic carbocycles. The number of alkyl halides is 6. The van der Waals surface area contributed by atoms with Gasteiger partial charge in [0, 0.05) is 5.39 Å². The molecule has 0 aliphatic carbocycles. The standard InChI is InChI=1S/C11H4Cl5F2N/c12-7-4-8(10(13,14)15)19-9-5(7)2-1-3-6(9)11(16,17)18/h1-4H. The lowest BCUT2D eigenvalue weighted by atomic mass is 10.1. The molecule has 0 spiro atoms. The molecule has 0 bridgehead atoms. The number of hydrogen-bond donors (Lipinski definition) is 0. The highest BCUT2D eigenvalue weighted by atomic mass is 35.6. The van der Waals surface area contributed by atoms with E-state index in [1.165, 1.54) is 18.2 Å². The monoisotopic (exact) mass is 363 g/mol. The largest absolute Gasteiger partial charge is 0.350 e. The summed E-state index contributed by atoms with van der Waals surface area (Å²) in [5.41, 5.74) is -0.649. The van der Waals surface area contributed by atoms with Gasteiger partial charge in [-0.15, -0.1) is 0 Å². The Hall–Kier alpha value is -0.0600. The predicted molar refractivity (Wildman–Crippen MR) is 75.7 cm³/mol. The summed E-state index contributed by atoms with van der Waals surface area (Å²) >= 11 is 28.1. The fourth-order valence-corrected chi connectivity index (χ4v) is 2.28. The van der Waals surface area contributed by atoms with Gasteiger partial charge in [0.15, 0.2) is 0 Å². The van der Waals surface area contributed by atoms with Crippen LogP contribution in [0.2, 0.25) is 5.02 Å². The van der Waals surface area contributed by atoms with Gasteiger partial charge in [0.05, 0.1) is 21.8 Å².